The number of fused-ring (bicyclic) bond motifs is 1. The number of amides is 4. The van der Waals surface area contributed by atoms with Crippen LogP contribution in [0, 0.1) is 5.92 Å². The molecule has 0 aliphatic carbocycles. The largest absolute Gasteiger partial charge is 0.491 e. The average molecular weight is 502 g/mol. The van der Waals surface area contributed by atoms with Crippen LogP contribution in [-0.2, 0) is 14.4 Å². The molecule has 198 valence electrons. The summed E-state index contributed by atoms with van der Waals surface area (Å²) < 4.78 is 5.88. The van der Waals surface area contributed by atoms with Gasteiger partial charge in [0.05, 0.1) is 11.6 Å². The molecule has 2 aliphatic heterocycles. The molecule has 1 aromatic rings. The molecule has 36 heavy (non-hydrogen) atoms. The van der Waals surface area contributed by atoms with Gasteiger partial charge in [0.25, 0.3) is 5.91 Å². The maximum Gasteiger partial charge on any atom is 0.255 e. The van der Waals surface area contributed by atoms with E-state index in [-0.39, 0.29) is 49.1 Å². The predicted molar refractivity (Wildman–Crippen MR) is 135 cm³/mol. The molecule has 0 spiro atoms. The van der Waals surface area contributed by atoms with Crippen LogP contribution >= 0.6 is 0 Å². The number of carbonyl (C=O) groups excluding carboxylic acids is 4. The second-order valence-electron chi connectivity index (χ2n) is 9.83. The summed E-state index contributed by atoms with van der Waals surface area (Å²) in [4.78, 5) is 56.4. The summed E-state index contributed by atoms with van der Waals surface area (Å²) in [6.07, 6.45) is 0.117. The zero-order valence-electron chi connectivity index (χ0n) is 21.7. The van der Waals surface area contributed by atoms with Crippen LogP contribution in [0.25, 0.3) is 0 Å². The molecule has 0 bridgehead atoms. The average Bonchev–Trinajstić information content (AvgIpc) is 2.87. The highest BCUT2D eigenvalue weighted by molar-refractivity contribution is 6.00. The molecular weight excluding hydrogens is 462 g/mol. The van der Waals surface area contributed by atoms with Crippen molar-refractivity contribution in [3.05, 3.63) is 29.8 Å². The van der Waals surface area contributed by atoms with E-state index in [1.165, 1.54) is 0 Å². The van der Waals surface area contributed by atoms with Crippen LogP contribution in [0.15, 0.2) is 24.3 Å². The van der Waals surface area contributed by atoms with Crippen molar-refractivity contribution in [2.45, 2.75) is 58.7 Å². The summed E-state index contributed by atoms with van der Waals surface area (Å²) in [7, 11) is 0. The van der Waals surface area contributed by atoms with Crippen molar-refractivity contribution in [3.63, 3.8) is 0 Å². The van der Waals surface area contributed by atoms with Gasteiger partial charge < -0.3 is 30.5 Å². The Morgan fingerprint density at radius 3 is 2.42 bits per heavy atom. The fourth-order valence-electron chi connectivity index (χ4n) is 4.42. The molecule has 10 nitrogen and oxygen atoms in total. The molecule has 0 saturated carbocycles. The first kappa shape index (κ1) is 27.4. The van der Waals surface area contributed by atoms with E-state index in [2.05, 4.69) is 27.8 Å². The van der Waals surface area contributed by atoms with Crippen molar-refractivity contribution in [1.29, 1.82) is 0 Å². The molecule has 3 rings (SSSR count). The van der Waals surface area contributed by atoms with E-state index >= 15 is 0 Å². The Kier molecular flexibility index (Phi) is 9.69. The lowest BCUT2D eigenvalue weighted by Gasteiger charge is -2.36. The van der Waals surface area contributed by atoms with Gasteiger partial charge in [0.15, 0.2) is 0 Å². The summed E-state index contributed by atoms with van der Waals surface area (Å²) in [5.41, 5.74) is 0.295. The van der Waals surface area contributed by atoms with Gasteiger partial charge in [0.2, 0.25) is 17.7 Å². The van der Waals surface area contributed by atoms with E-state index in [9.17, 15) is 19.2 Å². The van der Waals surface area contributed by atoms with E-state index in [0.29, 0.717) is 24.4 Å². The molecule has 1 fully saturated rings. The quantitative estimate of drug-likeness (QED) is 0.563. The van der Waals surface area contributed by atoms with Gasteiger partial charge in [-0.2, -0.15) is 0 Å². The van der Waals surface area contributed by atoms with Crippen molar-refractivity contribution in [3.8, 4) is 5.75 Å². The van der Waals surface area contributed by atoms with Gasteiger partial charge in [-0.1, -0.05) is 32.9 Å². The lowest BCUT2D eigenvalue weighted by molar-refractivity contribution is -0.135. The molecule has 10 heteroatoms. The first-order chi connectivity index (χ1) is 17.2. The van der Waals surface area contributed by atoms with Crippen molar-refractivity contribution >= 4 is 23.6 Å². The maximum absolute atomic E-state index is 13.4. The molecule has 1 saturated heterocycles. The zero-order valence-corrected chi connectivity index (χ0v) is 21.7. The third-order valence-corrected chi connectivity index (χ3v) is 6.67. The Bertz CT molecular complexity index is 944. The van der Waals surface area contributed by atoms with Crippen LogP contribution in [-0.4, -0.2) is 90.9 Å². The van der Waals surface area contributed by atoms with Gasteiger partial charge in [-0.15, -0.1) is 0 Å². The lowest BCUT2D eigenvalue weighted by Crippen LogP contribution is -2.55. The summed E-state index contributed by atoms with van der Waals surface area (Å²) in [5, 5.41) is 8.53. The summed E-state index contributed by atoms with van der Waals surface area (Å²) in [5.74, 6) is -1.06. The van der Waals surface area contributed by atoms with E-state index in [1.54, 1.807) is 36.1 Å². The van der Waals surface area contributed by atoms with Crippen LogP contribution in [0.1, 0.15) is 50.9 Å². The van der Waals surface area contributed by atoms with Crippen LogP contribution in [0.3, 0.4) is 0 Å². The van der Waals surface area contributed by atoms with Gasteiger partial charge in [-0.25, -0.2) is 0 Å². The van der Waals surface area contributed by atoms with Gasteiger partial charge in [0.1, 0.15) is 24.4 Å². The third kappa shape index (κ3) is 7.19. The maximum atomic E-state index is 13.4. The van der Waals surface area contributed by atoms with Gasteiger partial charge in [-0.3, -0.25) is 19.2 Å². The number of benzene rings is 1. The highest BCUT2D eigenvalue weighted by Gasteiger charge is 2.31. The summed E-state index contributed by atoms with van der Waals surface area (Å²) in [6.45, 7) is 11.3. The zero-order chi connectivity index (χ0) is 26.2. The van der Waals surface area contributed by atoms with Crippen LogP contribution in [0.5, 0.6) is 5.75 Å². The first-order valence-corrected chi connectivity index (χ1v) is 12.8. The number of rotatable bonds is 3. The number of piperazine rings is 1. The SMILES string of the molecule is CCN1CCN(C(=O)[C@@H]2CCC(=O)N[C@H](C(C)C)C(=O)N[C@@H](C)COc3ccccc3C(=O)N2)CC1. The molecule has 1 aromatic carbocycles. The molecule has 0 radical (unpaired) electrons. The normalized spacial score (nSPS) is 25.0. The topological polar surface area (TPSA) is 120 Å². The van der Waals surface area contributed by atoms with Crippen LogP contribution < -0.4 is 20.7 Å². The number of para-hydroxylation sites is 1. The lowest BCUT2D eigenvalue weighted by atomic mass is 10.0. The van der Waals surface area contributed by atoms with Crippen molar-refractivity contribution in [2.75, 3.05) is 39.3 Å². The number of likely N-dealkylation sites (N-methyl/N-ethyl adjacent to an activating group) is 1. The number of ether oxygens (including phenoxy) is 1. The smallest absolute Gasteiger partial charge is 0.255 e. The standard InChI is InChI=1S/C26H39N5O5/c1-5-30-12-14-31(15-13-30)26(35)20-10-11-22(32)29-23(17(2)3)25(34)27-18(4)16-36-21-9-7-6-8-19(21)24(33)28-20/h6-9,17-18,20,23H,5,10-16H2,1-4H3,(H,27,34)(H,28,33)(H,29,32)/t18-,20-,23+/m0/s1. The van der Waals surface area contributed by atoms with Crippen molar-refractivity contribution in [2.24, 2.45) is 5.92 Å². The Labute approximate surface area is 213 Å². The molecule has 0 unspecified atom stereocenters. The number of carbonyl (C=O) groups is 4. The second-order valence-corrected chi connectivity index (χ2v) is 9.83. The molecule has 3 atom stereocenters. The highest BCUT2D eigenvalue weighted by Crippen LogP contribution is 2.19. The molecule has 0 aromatic heterocycles. The summed E-state index contributed by atoms with van der Waals surface area (Å²) in [6, 6.07) is 4.86. The Morgan fingerprint density at radius 1 is 1.06 bits per heavy atom. The van der Waals surface area contributed by atoms with E-state index in [0.717, 1.165) is 19.6 Å². The Balaban J connectivity index is 1.86. The van der Waals surface area contributed by atoms with E-state index in [1.807, 2.05) is 13.8 Å². The van der Waals surface area contributed by atoms with Crippen LogP contribution in [0.2, 0.25) is 0 Å². The number of nitrogens with one attached hydrogen (secondary N) is 3. The fraction of sp³-hybridized carbons (Fsp3) is 0.615. The fourth-order valence-corrected chi connectivity index (χ4v) is 4.42. The number of hydrogen-bond donors (Lipinski definition) is 3. The molecule has 2 aliphatic rings. The third-order valence-electron chi connectivity index (χ3n) is 6.67. The minimum Gasteiger partial charge on any atom is -0.491 e. The van der Waals surface area contributed by atoms with E-state index < -0.39 is 18.0 Å². The number of nitrogens with zero attached hydrogens (tertiary/aromatic N) is 2. The van der Waals surface area contributed by atoms with Crippen molar-refractivity contribution in [1.82, 2.24) is 25.8 Å². The highest BCUT2D eigenvalue weighted by atomic mass is 16.5. The second kappa shape index (κ2) is 12.7. The van der Waals surface area contributed by atoms with Crippen molar-refractivity contribution < 1.29 is 23.9 Å². The Morgan fingerprint density at radius 2 is 1.75 bits per heavy atom. The van der Waals surface area contributed by atoms with E-state index in [4.69, 9.17) is 4.74 Å². The molecule has 3 N–H and O–H groups in total. The number of hydrogen-bond acceptors (Lipinski definition) is 6. The molecule has 2 heterocycles. The van der Waals surface area contributed by atoms with Gasteiger partial charge >= 0.3 is 0 Å². The molecule has 4 amide bonds. The first-order valence-electron chi connectivity index (χ1n) is 12.8. The minimum atomic E-state index is -0.875. The van der Waals surface area contributed by atoms with Crippen LogP contribution in [0.4, 0.5) is 0 Å². The summed E-state index contributed by atoms with van der Waals surface area (Å²) >= 11 is 0. The Hall–Kier alpha value is -3.14. The monoisotopic (exact) mass is 501 g/mol. The predicted octanol–water partition coefficient (Wildman–Crippen LogP) is 0.767. The minimum absolute atomic E-state index is 0.00415. The van der Waals surface area contributed by atoms with Gasteiger partial charge in [-0.05, 0) is 37.9 Å². The molecular formula is C26H39N5O5. The van der Waals surface area contributed by atoms with Gasteiger partial charge in [0, 0.05) is 32.6 Å².